The Morgan fingerprint density at radius 3 is 2.71 bits per heavy atom. The van der Waals surface area contributed by atoms with E-state index in [1.54, 1.807) is 6.92 Å². The van der Waals surface area contributed by atoms with Gasteiger partial charge in [0.1, 0.15) is 6.54 Å². The number of Topliss-reactive ketones (excluding diaryl/α,β-unsaturated/α-hetero) is 1. The predicted molar refractivity (Wildman–Crippen MR) is 24.4 cm³/mol. The van der Waals surface area contributed by atoms with Crippen molar-refractivity contribution in [2.45, 2.75) is 6.92 Å². The lowest BCUT2D eigenvalue weighted by molar-refractivity contribution is -0.114. The molecule has 0 aromatic rings. The largest absolute Gasteiger partial charge is 0.292 e. The molecule has 0 bridgehead atoms. The first-order chi connectivity index (χ1) is 3.30. The van der Waals surface area contributed by atoms with Crippen LogP contribution in [0.4, 0.5) is 0 Å². The molecule has 0 amide bonds. The first kappa shape index (κ1) is 4.37. The quantitative estimate of drug-likeness (QED) is 0.412. The number of ketones is 1. The Hall–Kier alpha value is -0.790. The molecule has 0 fully saturated rings. The van der Waals surface area contributed by atoms with Crippen LogP contribution in [0.2, 0.25) is 0 Å². The van der Waals surface area contributed by atoms with Gasteiger partial charge in [-0.3, -0.25) is 10.1 Å². The van der Waals surface area contributed by atoms with E-state index in [2.05, 4.69) is 11.5 Å². The third kappa shape index (κ3) is 0.633. The van der Waals surface area contributed by atoms with Crippen LogP contribution in [0, 0.1) is 6.20 Å². The molecule has 1 aliphatic heterocycles. The molecule has 2 nitrogen and oxygen atoms in total. The topological polar surface area (TPSA) is 31.2 Å². The summed E-state index contributed by atoms with van der Waals surface area (Å²) in [5.41, 5.74) is 0.653. The summed E-state index contributed by atoms with van der Waals surface area (Å²) < 4.78 is 0. The van der Waals surface area contributed by atoms with Crippen molar-refractivity contribution in [1.29, 1.82) is 0 Å². The van der Waals surface area contributed by atoms with Crippen molar-refractivity contribution < 1.29 is 4.79 Å². The second-order valence-corrected chi connectivity index (χ2v) is 1.48. The highest BCUT2D eigenvalue weighted by Gasteiger charge is 2.10. The van der Waals surface area contributed by atoms with Gasteiger partial charge in [-0.05, 0) is 6.92 Å². The standard InChI is InChI=1S/C5H5NO/c1-4-2-6-3-5(4)7/h3H2,1H3. The first-order valence-electron chi connectivity index (χ1n) is 2.10. The maximum Gasteiger partial charge on any atom is 0.182 e. The Balaban J connectivity index is 2.72. The van der Waals surface area contributed by atoms with Gasteiger partial charge in [-0.15, -0.1) is 0 Å². The number of hydrogen-bond donors (Lipinski definition) is 0. The Morgan fingerprint density at radius 2 is 2.57 bits per heavy atom. The minimum Gasteiger partial charge on any atom is -0.292 e. The number of carbonyl (C=O) groups excluding carboxylic acids is 1. The lowest BCUT2D eigenvalue weighted by Gasteiger charge is -1.78. The van der Waals surface area contributed by atoms with Crippen LogP contribution in [0.1, 0.15) is 6.92 Å². The monoisotopic (exact) mass is 95.0 g/mol. The first-order valence-corrected chi connectivity index (χ1v) is 2.10. The van der Waals surface area contributed by atoms with Gasteiger partial charge in [-0.2, -0.15) is 0 Å². The molecule has 1 rings (SSSR count). The smallest absolute Gasteiger partial charge is 0.182 e. The molecule has 0 aromatic heterocycles. The SMILES string of the molecule is CC1=[C][N]CC1=O. The van der Waals surface area contributed by atoms with E-state index >= 15 is 0 Å². The lowest BCUT2D eigenvalue weighted by atomic mass is 10.3. The van der Waals surface area contributed by atoms with E-state index in [0.717, 1.165) is 0 Å². The van der Waals surface area contributed by atoms with Crippen molar-refractivity contribution in [1.82, 2.24) is 5.32 Å². The second-order valence-electron chi connectivity index (χ2n) is 1.48. The van der Waals surface area contributed by atoms with Gasteiger partial charge < -0.3 is 0 Å². The van der Waals surface area contributed by atoms with Crippen LogP contribution in [0.5, 0.6) is 0 Å². The van der Waals surface area contributed by atoms with Gasteiger partial charge >= 0.3 is 0 Å². The molecule has 1 heterocycles. The zero-order valence-corrected chi connectivity index (χ0v) is 4.06. The van der Waals surface area contributed by atoms with Crippen LogP contribution in [-0.4, -0.2) is 12.3 Å². The van der Waals surface area contributed by atoms with Crippen LogP contribution in [0.15, 0.2) is 5.57 Å². The summed E-state index contributed by atoms with van der Waals surface area (Å²) >= 11 is 0. The van der Waals surface area contributed by atoms with Gasteiger partial charge in [0.15, 0.2) is 5.78 Å². The van der Waals surface area contributed by atoms with E-state index in [1.165, 1.54) is 0 Å². The molecule has 2 heteroatoms. The summed E-state index contributed by atoms with van der Waals surface area (Å²) in [6, 6.07) is 0. The molecule has 0 spiro atoms. The summed E-state index contributed by atoms with van der Waals surface area (Å²) in [6.07, 6.45) is 2.56. The Bertz CT molecular complexity index is 126. The van der Waals surface area contributed by atoms with Crippen LogP contribution in [0.25, 0.3) is 0 Å². The van der Waals surface area contributed by atoms with Crippen molar-refractivity contribution >= 4 is 5.78 Å². The molecule has 0 saturated carbocycles. The molecule has 2 radical (unpaired) electrons. The molecule has 0 unspecified atom stereocenters. The Labute approximate surface area is 42.2 Å². The molecule has 36 valence electrons. The van der Waals surface area contributed by atoms with Gasteiger partial charge in [-0.1, -0.05) is 0 Å². The van der Waals surface area contributed by atoms with Crippen LogP contribution >= 0.6 is 0 Å². The highest BCUT2D eigenvalue weighted by molar-refractivity contribution is 5.97. The minimum absolute atomic E-state index is 0.0972. The zero-order chi connectivity index (χ0) is 5.28. The molecular formula is C5H5NO. The van der Waals surface area contributed by atoms with Gasteiger partial charge in [0.05, 0.1) is 6.20 Å². The summed E-state index contributed by atoms with van der Waals surface area (Å²) in [5, 5.41) is 3.61. The molecule has 0 aromatic carbocycles. The van der Waals surface area contributed by atoms with Crippen molar-refractivity contribution in [3.05, 3.63) is 11.8 Å². The zero-order valence-electron chi connectivity index (χ0n) is 4.06. The lowest BCUT2D eigenvalue weighted by Crippen LogP contribution is -2.02. The predicted octanol–water partition coefficient (Wildman–Crippen LogP) is -0.120. The number of rotatable bonds is 0. The van der Waals surface area contributed by atoms with E-state index in [1.807, 2.05) is 0 Å². The van der Waals surface area contributed by atoms with E-state index in [0.29, 0.717) is 12.1 Å². The molecule has 0 atom stereocenters. The van der Waals surface area contributed by atoms with E-state index < -0.39 is 0 Å². The Kier molecular flexibility index (Phi) is 0.855. The fourth-order valence-corrected chi connectivity index (χ4v) is 0.411. The normalized spacial score (nSPS) is 19.0. The van der Waals surface area contributed by atoms with Gasteiger partial charge in [0, 0.05) is 5.57 Å². The van der Waals surface area contributed by atoms with Gasteiger partial charge in [0.25, 0.3) is 0 Å². The molecule has 0 aliphatic carbocycles. The van der Waals surface area contributed by atoms with Crippen LogP contribution < -0.4 is 5.32 Å². The maximum absolute atomic E-state index is 10.4. The highest BCUT2D eigenvalue weighted by atomic mass is 16.1. The van der Waals surface area contributed by atoms with E-state index in [9.17, 15) is 4.79 Å². The van der Waals surface area contributed by atoms with Gasteiger partial charge in [0.2, 0.25) is 0 Å². The van der Waals surface area contributed by atoms with Crippen molar-refractivity contribution in [3.8, 4) is 0 Å². The summed E-state index contributed by atoms with van der Waals surface area (Å²) in [7, 11) is 0. The fraction of sp³-hybridized carbons (Fsp3) is 0.400. The molecule has 1 aliphatic rings. The molecule has 0 N–H and O–H groups in total. The maximum atomic E-state index is 10.4. The number of nitrogens with zero attached hydrogens (tertiary/aromatic N) is 1. The van der Waals surface area contributed by atoms with Crippen LogP contribution in [-0.2, 0) is 4.79 Å². The second kappa shape index (κ2) is 1.37. The Morgan fingerprint density at radius 1 is 1.86 bits per heavy atom. The third-order valence-corrected chi connectivity index (χ3v) is 0.888. The molecule has 0 saturated heterocycles. The van der Waals surface area contributed by atoms with E-state index in [4.69, 9.17) is 0 Å². The molecular weight excluding hydrogens is 90.1 g/mol. The summed E-state index contributed by atoms with van der Waals surface area (Å²) in [5.74, 6) is 0.0972. The molecule has 7 heavy (non-hydrogen) atoms. The average Bonchev–Trinajstić information content (AvgIpc) is 1.91. The van der Waals surface area contributed by atoms with Crippen LogP contribution in [0.3, 0.4) is 0 Å². The highest BCUT2D eigenvalue weighted by Crippen LogP contribution is 1.97. The minimum atomic E-state index is 0.0972. The number of hydrogen-bond acceptors (Lipinski definition) is 1. The summed E-state index contributed by atoms with van der Waals surface area (Å²) in [6.45, 7) is 2.03. The van der Waals surface area contributed by atoms with Crippen molar-refractivity contribution in [2.75, 3.05) is 6.54 Å². The summed E-state index contributed by atoms with van der Waals surface area (Å²) in [4.78, 5) is 10.4. The fourth-order valence-electron chi connectivity index (χ4n) is 0.411. The van der Waals surface area contributed by atoms with Gasteiger partial charge in [-0.25, -0.2) is 0 Å². The third-order valence-electron chi connectivity index (χ3n) is 0.888. The average molecular weight is 95.1 g/mol. The van der Waals surface area contributed by atoms with E-state index in [-0.39, 0.29) is 5.78 Å². The van der Waals surface area contributed by atoms with Crippen molar-refractivity contribution in [2.24, 2.45) is 0 Å². The van der Waals surface area contributed by atoms with Crippen molar-refractivity contribution in [3.63, 3.8) is 0 Å². The number of carbonyl (C=O) groups is 1.